The molecule has 1 N–H and O–H groups in total. The number of rotatable bonds is 3. The van der Waals surface area contributed by atoms with Gasteiger partial charge in [-0.05, 0) is 7.05 Å². The number of nitrogens with zero attached hydrogens (tertiary/aromatic N) is 4. The Morgan fingerprint density at radius 3 is 2.42 bits per heavy atom. The van der Waals surface area contributed by atoms with E-state index < -0.39 is 0 Å². The molecule has 0 atom stereocenters. The van der Waals surface area contributed by atoms with Crippen molar-refractivity contribution < 1.29 is 0 Å². The molecule has 1 fully saturated rings. The van der Waals surface area contributed by atoms with E-state index in [2.05, 4.69) is 22.8 Å². The number of likely N-dealkylation sites (N-methyl/N-ethyl adjacent to an activating group) is 1. The molecule has 1 heterocycles. The smallest absolute Gasteiger partial charge is 0.0693 e. The van der Waals surface area contributed by atoms with Gasteiger partial charge < -0.3 is 4.90 Å². The molecule has 0 aromatic carbocycles. The number of nitroso groups, excluding NO2 is 1. The zero-order valence-corrected chi connectivity index (χ0v) is 7.53. The summed E-state index contributed by atoms with van der Waals surface area (Å²) in [6, 6.07) is 0. The molecular formula is C6H15N5O. The maximum absolute atomic E-state index is 10.0. The van der Waals surface area contributed by atoms with Gasteiger partial charge in [-0.2, -0.15) is 5.12 Å². The van der Waals surface area contributed by atoms with Gasteiger partial charge in [0.05, 0.1) is 5.29 Å². The molecule has 0 aromatic heterocycles. The van der Waals surface area contributed by atoms with E-state index in [-0.39, 0.29) is 0 Å². The first-order valence-electron chi connectivity index (χ1n) is 3.99. The van der Waals surface area contributed by atoms with Crippen molar-refractivity contribution >= 4 is 0 Å². The van der Waals surface area contributed by atoms with Gasteiger partial charge in [0, 0.05) is 33.2 Å². The van der Waals surface area contributed by atoms with Crippen LogP contribution >= 0.6 is 0 Å². The molecule has 0 bridgehead atoms. The topological polar surface area (TPSA) is 51.2 Å². The maximum Gasteiger partial charge on any atom is 0.0693 e. The first-order chi connectivity index (χ1) is 5.72. The molecule has 0 aliphatic carbocycles. The van der Waals surface area contributed by atoms with Crippen molar-refractivity contribution in [2.75, 3.05) is 40.3 Å². The van der Waals surface area contributed by atoms with Crippen molar-refractivity contribution in [3.05, 3.63) is 4.91 Å². The van der Waals surface area contributed by atoms with Crippen LogP contribution in [0.2, 0.25) is 0 Å². The van der Waals surface area contributed by atoms with Gasteiger partial charge in [0.2, 0.25) is 0 Å². The fourth-order valence-corrected chi connectivity index (χ4v) is 1.13. The zero-order valence-electron chi connectivity index (χ0n) is 7.53. The van der Waals surface area contributed by atoms with E-state index in [0.717, 1.165) is 26.2 Å². The van der Waals surface area contributed by atoms with E-state index in [9.17, 15) is 4.91 Å². The van der Waals surface area contributed by atoms with Crippen molar-refractivity contribution in [1.82, 2.24) is 20.6 Å². The van der Waals surface area contributed by atoms with Crippen LogP contribution in [0.15, 0.2) is 5.29 Å². The standard InChI is InChI=1S/C6H15N5O/c1-9-3-5-11(6-4-9)7-10(2)8-12/h7H,3-6H2,1-2H3. The summed E-state index contributed by atoms with van der Waals surface area (Å²) in [6.07, 6.45) is 0. The fourth-order valence-electron chi connectivity index (χ4n) is 1.13. The molecule has 0 aromatic rings. The van der Waals surface area contributed by atoms with Crippen LogP contribution in [0, 0.1) is 4.91 Å². The normalized spacial score (nSPS) is 20.8. The lowest BCUT2D eigenvalue weighted by Gasteiger charge is -2.33. The van der Waals surface area contributed by atoms with Gasteiger partial charge in [-0.1, -0.05) is 0 Å². The van der Waals surface area contributed by atoms with E-state index in [1.165, 1.54) is 5.12 Å². The second-order valence-corrected chi connectivity index (χ2v) is 3.00. The molecule has 0 radical (unpaired) electrons. The Labute approximate surface area is 72.0 Å². The summed E-state index contributed by atoms with van der Waals surface area (Å²) in [4.78, 5) is 12.3. The summed E-state index contributed by atoms with van der Waals surface area (Å²) in [5.74, 6) is 0. The summed E-state index contributed by atoms with van der Waals surface area (Å²) in [6.45, 7) is 3.85. The van der Waals surface area contributed by atoms with Crippen molar-refractivity contribution in [3.8, 4) is 0 Å². The Balaban J connectivity index is 2.21. The van der Waals surface area contributed by atoms with Gasteiger partial charge in [0.15, 0.2) is 0 Å². The molecule has 1 saturated heterocycles. The van der Waals surface area contributed by atoms with Crippen molar-refractivity contribution in [2.45, 2.75) is 0 Å². The number of nitrogens with one attached hydrogen (secondary N) is 1. The van der Waals surface area contributed by atoms with Gasteiger partial charge in [-0.25, -0.2) is 5.01 Å². The SMILES string of the molecule is CN1CCN(NN(C)N=O)CC1. The highest BCUT2D eigenvalue weighted by atomic mass is 16.3. The van der Waals surface area contributed by atoms with Crippen LogP contribution in [-0.2, 0) is 0 Å². The third-order valence-electron chi connectivity index (χ3n) is 1.91. The number of hydrogen-bond acceptors (Lipinski definition) is 5. The summed E-state index contributed by atoms with van der Waals surface area (Å²) >= 11 is 0. The second kappa shape index (κ2) is 4.34. The molecule has 0 unspecified atom stereocenters. The monoisotopic (exact) mass is 173 g/mol. The molecule has 1 rings (SSSR count). The lowest BCUT2D eigenvalue weighted by atomic mass is 10.4. The molecule has 6 heteroatoms. The summed E-state index contributed by atoms with van der Waals surface area (Å²) in [7, 11) is 3.67. The van der Waals surface area contributed by atoms with Crippen LogP contribution in [0.4, 0.5) is 0 Å². The number of hydrazine groups is 2. The van der Waals surface area contributed by atoms with Crippen LogP contribution < -0.4 is 5.53 Å². The lowest BCUT2D eigenvalue weighted by Crippen LogP contribution is -2.54. The minimum atomic E-state index is 0.913. The summed E-state index contributed by atoms with van der Waals surface area (Å²) < 4.78 is 0. The van der Waals surface area contributed by atoms with E-state index in [1.807, 2.05) is 5.01 Å². The largest absolute Gasteiger partial charge is 0.304 e. The Kier molecular flexibility index (Phi) is 3.39. The zero-order chi connectivity index (χ0) is 8.97. The minimum absolute atomic E-state index is 0.913. The Morgan fingerprint density at radius 1 is 1.33 bits per heavy atom. The van der Waals surface area contributed by atoms with Crippen LogP contribution in [0.1, 0.15) is 0 Å². The fraction of sp³-hybridized carbons (Fsp3) is 1.00. The van der Waals surface area contributed by atoms with Crippen molar-refractivity contribution in [2.24, 2.45) is 5.29 Å². The van der Waals surface area contributed by atoms with E-state index in [0.29, 0.717) is 0 Å². The Hall–Kier alpha value is -0.720. The lowest BCUT2D eigenvalue weighted by molar-refractivity contribution is 0.00960. The van der Waals surface area contributed by atoms with Crippen LogP contribution in [0.5, 0.6) is 0 Å². The average molecular weight is 173 g/mol. The highest BCUT2D eigenvalue weighted by Crippen LogP contribution is 1.95. The quantitative estimate of drug-likeness (QED) is 0.450. The average Bonchev–Trinajstić information content (AvgIpc) is 2.09. The Morgan fingerprint density at radius 2 is 1.92 bits per heavy atom. The van der Waals surface area contributed by atoms with Crippen LogP contribution in [-0.4, -0.2) is 55.3 Å². The predicted octanol–water partition coefficient (Wildman–Crippen LogP) is -0.733. The van der Waals surface area contributed by atoms with Gasteiger partial charge in [-0.3, -0.25) is 0 Å². The van der Waals surface area contributed by atoms with Gasteiger partial charge in [-0.15, -0.1) is 10.4 Å². The maximum atomic E-state index is 10.0. The van der Waals surface area contributed by atoms with E-state index in [1.54, 1.807) is 7.05 Å². The molecule has 0 amide bonds. The van der Waals surface area contributed by atoms with E-state index >= 15 is 0 Å². The first-order valence-corrected chi connectivity index (χ1v) is 3.99. The summed E-state index contributed by atoms with van der Waals surface area (Å²) in [5, 5.41) is 5.86. The van der Waals surface area contributed by atoms with Gasteiger partial charge in [0.25, 0.3) is 0 Å². The molecule has 1 aliphatic heterocycles. The molecule has 0 saturated carbocycles. The Bertz CT molecular complexity index is 145. The van der Waals surface area contributed by atoms with Gasteiger partial charge in [0.1, 0.15) is 0 Å². The highest BCUT2D eigenvalue weighted by Gasteiger charge is 2.13. The third-order valence-corrected chi connectivity index (χ3v) is 1.91. The molecule has 70 valence electrons. The van der Waals surface area contributed by atoms with Crippen LogP contribution in [0.3, 0.4) is 0 Å². The highest BCUT2D eigenvalue weighted by molar-refractivity contribution is 4.64. The van der Waals surface area contributed by atoms with Crippen molar-refractivity contribution in [1.29, 1.82) is 0 Å². The minimum Gasteiger partial charge on any atom is -0.304 e. The summed E-state index contributed by atoms with van der Waals surface area (Å²) in [5.41, 5.74) is 2.85. The number of piperazine rings is 1. The van der Waals surface area contributed by atoms with Crippen LogP contribution in [0.25, 0.3) is 0 Å². The molecule has 12 heavy (non-hydrogen) atoms. The predicted molar refractivity (Wildman–Crippen MR) is 45.8 cm³/mol. The third kappa shape index (κ3) is 2.72. The van der Waals surface area contributed by atoms with Gasteiger partial charge >= 0.3 is 0 Å². The molecular weight excluding hydrogens is 158 g/mol. The van der Waals surface area contributed by atoms with Crippen molar-refractivity contribution in [3.63, 3.8) is 0 Å². The van der Waals surface area contributed by atoms with E-state index in [4.69, 9.17) is 0 Å². The number of hydrogen-bond donors (Lipinski definition) is 1. The first kappa shape index (κ1) is 9.37. The molecule has 0 spiro atoms. The molecule has 1 aliphatic rings. The molecule has 6 nitrogen and oxygen atoms in total. The second-order valence-electron chi connectivity index (χ2n) is 3.00.